The highest BCUT2D eigenvalue weighted by Crippen LogP contribution is 2.25. The lowest BCUT2D eigenvalue weighted by molar-refractivity contribution is -0.133. The van der Waals surface area contributed by atoms with Crippen LogP contribution in [0.25, 0.3) is 16.6 Å². The van der Waals surface area contributed by atoms with Crippen LogP contribution < -0.4 is 5.56 Å². The van der Waals surface area contributed by atoms with Crippen LogP contribution in [-0.4, -0.2) is 26.9 Å². The van der Waals surface area contributed by atoms with Crippen molar-refractivity contribution < 1.29 is 4.79 Å². The smallest absolute Gasteiger partial charge is 0.266 e. The fourth-order valence-corrected chi connectivity index (χ4v) is 4.27. The van der Waals surface area contributed by atoms with Gasteiger partial charge in [0.15, 0.2) is 0 Å². The highest BCUT2D eigenvalue weighted by molar-refractivity contribution is 6.30. The number of para-hydroxylation sites is 1. The first kappa shape index (κ1) is 25.0. The van der Waals surface area contributed by atoms with Gasteiger partial charge in [-0.05, 0) is 56.2 Å². The Morgan fingerprint density at radius 3 is 2.36 bits per heavy atom. The number of benzene rings is 2. The number of hydrogen-bond donors (Lipinski definition) is 0. The Morgan fingerprint density at radius 1 is 1.00 bits per heavy atom. The van der Waals surface area contributed by atoms with E-state index in [1.807, 2.05) is 42.2 Å². The summed E-state index contributed by atoms with van der Waals surface area (Å²) in [6.07, 6.45) is 6.56. The fraction of sp³-hybridized carbons (Fsp3) is 0.444. The Hall–Kier alpha value is -2.66. The lowest BCUT2D eigenvalue weighted by atomic mass is 10.1. The van der Waals surface area contributed by atoms with Crippen molar-refractivity contribution in [2.75, 3.05) is 6.54 Å². The molecule has 0 radical (unpaired) electrons. The summed E-state index contributed by atoms with van der Waals surface area (Å²) in [5.41, 5.74) is 1.19. The van der Waals surface area contributed by atoms with Crippen LogP contribution in [0.15, 0.2) is 53.3 Å². The van der Waals surface area contributed by atoms with Gasteiger partial charge in [0.2, 0.25) is 5.91 Å². The van der Waals surface area contributed by atoms with Crippen LogP contribution in [0.5, 0.6) is 0 Å². The molecule has 0 aliphatic carbocycles. The standard InChI is InChI=1S/C27H34ClN3O2/c1-4-6-8-14-25(32)30(19-11-7-5-2)20(3)26-29-24-13-10-9-12-23(24)27(33)31(26)22-17-15-21(28)16-18-22/h9-10,12-13,15-18,20H,4-8,11,14,19H2,1-3H3. The average Bonchev–Trinajstić information content (AvgIpc) is 2.82. The van der Waals surface area contributed by atoms with E-state index in [1.165, 1.54) is 0 Å². The third kappa shape index (κ3) is 6.02. The van der Waals surface area contributed by atoms with Crippen LogP contribution in [0, 0.1) is 0 Å². The van der Waals surface area contributed by atoms with Crippen molar-refractivity contribution in [3.8, 4) is 5.69 Å². The van der Waals surface area contributed by atoms with Crippen molar-refractivity contribution in [1.82, 2.24) is 14.5 Å². The Bertz CT molecular complexity index is 1120. The normalized spacial score (nSPS) is 12.1. The lowest BCUT2D eigenvalue weighted by Crippen LogP contribution is -2.38. The van der Waals surface area contributed by atoms with Gasteiger partial charge in [0, 0.05) is 18.0 Å². The molecule has 0 spiro atoms. The van der Waals surface area contributed by atoms with Crippen LogP contribution in [-0.2, 0) is 4.79 Å². The van der Waals surface area contributed by atoms with Crippen molar-refractivity contribution in [3.63, 3.8) is 0 Å². The first-order valence-corrected chi connectivity index (χ1v) is 12.4. The molecule has 1 amide bonds. The van der Waals surface area contributed by atoms with Crippen molar-refractivity contribution in [2.24, 2.45) is 0 Å². The largest absolute Gasteiger partial charge is 0.333 e. The van der Waals surface area contributed by atoms with E-state index in [9.17, 15) is 9.59 Å². The summed E-state index contributed by atoms with van der Waals surface area (Å²) in [4.78, 5) is 33.7. The summed E-state index contributed by atoms with van der Waals surface area (Å²) in [6.45, 7) is 6.92. The second-order valence-corrected chi connectivity index (χ2v) is 8.97. The summed E-state index contributed by atoms with van der Waals surface area (Å²) in [5.74, 6) is 0.693. The molecule has 33 heavy (non-hydrogen) atoms. The van der Waals surface area contributed by atoms with Crippen molar-refractivity contribution in [1.29, 1.82) is 0 Å². The lowest BCUT2D eigenvalue weighted by Gasteiger charge is -2.31. The highest BCUT2D eigenvalue weighted by atomic mass is 35.5. The highest BCUT2D eigenvalue weighted by Gasteiger charge is 2.26. The van der Waals surface area contributed by atoms with E-state index in [0.717, 1.165) is 38.5 Å². The van der Waals surface area contributed by atoms with Gasteiger partial charge in [0.05, 0.1) is 22.6 Å². The van der Waals surface area contributed by atoms with Crippen LogP contribution >= 0.6 is 11.6 Å². The molecular weight excluding hydrogens is 434 g/mol. The number of hydrogen-bond acceptors (Lipinski definition) is 3. The molecule has 3 aromatic rings. The molecular formula is C27H34ClN3O2. The Labute approximate surface area is 201 Å². The van der Waals surface area contributed by atoms with Gasteiger partial charge in [0.25, 0.3) is 5.56 Å². The van der Waals surface area contributed by atoms with Gasteiger partial charge in [-0.3, -0.25) is 14.2 Å². The number of halogens is 1. The summed E-state index contributed by atoms with van der Waals surface area (Å²) in [6, 6.07) is 14.2. The zero-order valence-corrected chi connectivity index (χ0v) is 20.6. The number of carbonyl (C=O) groups is 1. The summed E-state index contributed by atoms with van der Waals surface area (Å²) < 4.78 is 1.63. The number of nitrogens with zero attached hydrogens (tertiary/aromatic N) is 3. The first-order chi connectivity index (χ1) is 16.0. The van der Waals surface area contributed by atoms with Crippen LogP contribution in [0.3, 0.4) is 0 Å². The number of unbranched alkanes of at least 4 members (excludes halogenated alkanes) is 4. The summed E-state index contributed by atoms with van der Waals surface area (Å²) >= 11 is 6.10. The van der Waals surface area contributed by atoms with E-state index >= 15 is 0 Å². The van der Waals surface area contributed by atoms with Gasteiger partial charge >= 0.3 is 0 Å². The maximum Gasteiger partial charge on any atom is 0.266 e. The van der Waals surface area contributed by atoms with E-state index < -0.39 is 0 Å². The zero-order chi connectivity index (χ0) is 23.8. The quantitative estimate of drug-likeness (QED) is 0.295. The number of carbonyl (C=O) groups excluding carboxylic acids is 1. The predicted octanol–water partition coefficient (Wildman–Crippen LogP) is 6.70. The monoisotopic (exact) mass is 467 g/mol. The second kappa shape index (κ2) is 12.0. The first-order valence-electron chi connectivity index (χ1n) is 12.0. The molecule has 176 valence electrons. The van der Waals surface area contributed by atoms with Gasteiger partial charge in [0.1, 0.15) is 5.82 Å². The van der Waals surface area contributed by atoms with Gasteiger partial charge < -0.3 is 4.90 Å². The zero-order valence-electron chi connectivity index (χ0n) is 19.9. The minimum absolute atomic E-state index is 0.122. The van der Waals surface area contributed by atoms with Crippen LogP contribution in [0.4, 0.5) is 0 Å². The molecule has 1 aromatic heterocycles. The van der Waals surface area contributed by atoms with Gasteiger partial charge in [-0.1, -0.05) is 63.3 Å². The molecule has 0 N–H and O–H groups in total. The molecule has 0 saturated carbocycles. The molecule has 6 heteroatoms. The fourth-order valence-electron chi connectivity index (χ4n) is 4.15. The molecule has 1 atom stereocenters. The molecule has 0 bridgehead atoms. The van der Waals surface area contributed by atoms with Crippen LogP contribution in [0.1, 0.15) is 77.6 Å². The van der Waals surface area contributed by atoms with Crippen LogP contribution in [0.2, 0.25) is 5.02 Å². The Kier molecular flexibility index (Phi) is 9.07. The molecule has 3 rings (SSSR count). The third-order valence-corrected chi connectivity index (χ3v) is 6.30. The van der Waals surface area contributed by atoms with E-state index in [0.29, 0.717) is 40.4 Å². The maximum absolute atomic E-state index is 13.6. The number of amides is 1. The topological polar surface area (TPSA) is 55.2 Å². The Morgan fingerprint density at radius 2 is 1.67 bits per heavy atom. The minimum atomic E-state index is -0.344. The molecule has 0 aliphatic rings. The minimum Gasteiger partial charge on any atom is -0.333 e. The van der Waals surface area contributed by atoms with E-state index in [1.54, 1.807) is 22.8 Å². The molecule has 0 saturated heterocycles. The molecule has 0 fully saturated rings. The van der Waals surface area contributed by atoms with Gasteiger partial charge in [-0.15, -0.1) is 0 Å². The molecule has 0 aliphatic heterocycles. The third-order valence-electron chi connectivity index (χ3n) is 6.04. The summed E-state index contributed by atoms with van der Waals surface area (Å²) in [5, 5.41) is 1.15. The number of rotatable bonds is 11. The van der Waals surface area contributed by atoms with Gasteiger partial charge in [-0.25, -0.2) is 4.98 Å². The predicted molar refractivity (Wildman–Crippen MR) is 136 cm³/mol. The second-order valence-electron chi connectivity index (χ2n) is 8.53. The maximum atomic E-state index is 13.6. The molecule has 2 aromatic carbocycles. The molecule has 1 heterocycles. The van der Waals surface area contributed by atoms with Crippen molar-refractivity contribution in [2.45, 2.75) is 71.8 Å². The number of aromatic nitrogens is 2. The Balaban J connectivity index is 2.11. The van der Waals surface area contributed by atoms with Crippen molar-refractivity contribution in [3.05, 3.63) is 69.7 Å². The van der Waals surface area contributed by atoms with Gasteiger partial charge in [-0.2, -0.15) is 0 Å². The summed E-state index contributed by atoms with van der Waals surface area (Å²) in [7, 11) is 0. The van der Waals surface area contributed by atoms with E-state index in [4.69, 9.17) is 16.6 Å². The van der Waals surface area contributed by atoms with E-state index in [-0.39, 0.29) is 17.5 Å². The molecule has 5 nitrogen and oxygen atoms in total. The molecule has 1 unspecified atom stereocenters. The SMILES string of the molecule is CCCCCC(=O)N(CCCCC)C(C)c1nc2ccccc2c(=O)n1-c1ccc(Cl)cc1. The number of fused-ring (bicyclic) bond motifs is 1. The van der Waals surface area contributed by atoms with Crippen molar-refractivity contribution >= 4 is 28.4 Å². The van der Waals surface area contributed by atoms with E-state index in [2.05, 4.69) is 13.8 Å². The average molecular weight is 468 g/mol.